The second kappa shape index (κ2) is 5.85. The Labute approximate surface area is 118 Å². The zero-order chi connectivity index (χ0) is 14.0. The standard InChI is InChI=1S/C14H9Cl2F3/c15-12(11-4-3-9(17)6-13(11)16)5-8-1-2-10(18)7-14(8)19/h1-4,6-7,12H,5H2. The van der Waals surface area contributed by atoms with Crippen LogP contribution in [0.3, 0.4) is 0 Å². The van der Waals surface area contributed by atoms with E-state index >= 15 is 0 Å². The Kier molecular flexibility index (Phi) is 4.38. The third kappa shape index (κ3) is 3.43. The molecule has 0 amide bonds. The molecule has 0 aliphatic carbocycles. The van der Waals surface area contributed by atoms with Gasteiger partial charge < -0.3 is 0 Å². The summed E-state index contributed by atoms with van der Waals surface area (Å²) in [4.78, 5) is 0. The lowest BCUT2D eigenvalue weighted by atomic mass is 10.0. The monoisotopic (exact) mass is 304 g/mol. The van der Waals surface area contributed by atoms with E-state index in [-0.39, 0.29) is 17.0 Å². The number of alkyl halides is 1. The van der Waals surface area contributed by atoms with Crippen LogP contribution in [0.1, 0.15) is 16.5 Å². The first-order valence-electron chi connectivity index (χ1n) is 5.50. The maximum absolute atomic E-state index is 13.5. The number of rotatable bonds is 3. The Morgan fingerprint density at radius 2 is 1.58 bits per heavy atom. The van der Waals surface area contributed by atoms with Crippen LogP contribution in [0.15, 0.2) is 36.4 Å². The first kappa shape index (κ1) is 14.2. The third-order valence-corrected chi connectivity index (χ3v) is 3.43. The molecule has 2 aromatic rings. The molecule has 0 aromatic heterocycles. The highest BCUT2D eigenvalue weighted by Gasteiger charge is 2.15. The van der Waals surface area contributed by atoms with Crippen LogP contribution in [-0.4, -0.2) is 0 Å². The van der Waals surface area contributed by atoms with E-state index in [1.54, 1.807) is 0 Å². The number of hydrogen-bond acceptors (Lipinski definition) is 0. The van der Waals surface area contributed by atoms with Crippen molar-refractivity contribution in [3.05, 3.63) is 70.0 Å². The molecule has 0 saturated heterocycles. The van der Waals surface area contributed by atoms with Gasteiger partial charge in [-0.25, -0.2) is 13.2 Å². The number of halogens is 5. The Hall–Kier alpha value is -1.19. The van der Waals surface area contributed by atoms with Gasteiger partial charge in [0.05, 0.1) is 5.38 Å². The van der Waals surface area contributed by atoms with Crippen molar-refractivity contribution in [3.8, 4) is 0 Å². The lowest BCUT2D eigenvalue weighted by Crippen LogP contribution is -2.00. The van der Waals surface area contributed by atoms with E-state index in [1.165, 1.54) is 18.2 Å². The van der Waals surface area contributed by atoms with E-state index in [4.69, 9.17) is 23.2 Å². The van der Waals surface area contributed by atoms with Gasteiger partial charge in [0.1, 0.15) is 17.5 Å². The van der Waals surface area contributed by atoms with Crippen LogP contribution in [0, 0.1) is 17.5 Å². The molecular weight excluding hydrogens is 296 g/mol. The molecule has 1 unspecified atom stereocenters. The van der Waals surface area contributed by atoms with E-state index in [0.717, 1.165) is 18.2 Å². The number of benzene rings is 2. The van der Waals surface area contributed by atoms with Gasteiger partial charge in [-0.15, -0.1) is 11.6 Å². The van der Waals surface area contributed by atoms with Crippen molar-refractivity contribution in [2.45, 2.75) is 11.8 Å². The zero-order valence-electron chi connectivity index (χ0n) is 9.64. The Morgan fingerprint density at radius 3 is 2.21 bits per heavy atom. The molecule has 2 rings (SSSR count). The summed E-state index contributed by atoms with van der Waals surface area (Å²) in [6.07, 6.45) is 0.138. The smallest absolute Gasteiger partial charge is 0.129 e. The van der Waals surface area contributed by atoms with Gasteiger partial charge in [-0.1, -0.05) is 23.7 Å². The van der Waals surface area contributed by atoms with Crippen molar-refractivity contribution in [2.24, 2.45) is 0 Å². The minimum absolute atomic E-state index is 0.138. The second-order valence-corrected chi connectivity index (χ2v) is 5.01. The Morgan fingerprint density at radius 1 is 0.947 bits per heavy atom. The summed E-state index contributed by atoms with van der Waals surface area (Å²) in [5, 5.41) is -0.435. The summed E-state index contributed by atoms with van der Waals surface area (Å²) in [5.74, 6) is -1.78. The summed E-state index contributed by atoms with van der Waals surface area (Å²) >= 11 is 12.0. The van der Waals surface area contributed by atoms with Gasteiger partial charge in [0.25, 0.3) is 0 Å². The summed E-state index contributed by atoms with van der Waals surface area (Å²) in [7, 11) is 0. The molecule has 1 atom stereocenters. The fourth-order valence-corrected chi connectivity index (χ4v) is 2.46. The molecule has 0 spiro atoms. The average Bonchev–Trinajstić information content (AvgIpc) is 2.32. The molecule has 0 aliphatic rings. The highest BCUT2D eigenvalue weighted by atomic mass is 35.5. The minimum Gasteiger partial charge on any atom is -0.207 e. The van der Waals surface area contributed by atoms with Crippen LogP contribution in [0.2, 0.25) is 5.02 Å². The second-order valence-electron chi connectivity index (χ2n) is 4.07. The molecule has 0 fully saturated rings. The quantitative estimate of drug-likeness (QED) is 0.677. The molecule has 0 heterocycles. The molecule has 100 valence electrons. The zero-order valence-corrected chi connectivity index (χ0v) is 11.2. The topological polar surface area (TPSA) is 0 Å². The van der Waals surface area contributed by atoms with Gasteiger partial charge in [0, 0.05) is 11.1 Å². The lowest BCUT2D eigenvalue weighted by molar-refractivity contribution is 0.570. The first-order valence-corrected chi connectivity index (χ1v) is 6.32. The van der Waals surface area contributed by atoms with Crippen LogP contribution >= 0.6 is 23.2 Å². The van der Waals surface area contributed by atoms with Crippen molar-refractivity contribution < 1.29 is 13.2 Å². The van der Waals surface area contributed by atoms with Gasteiger partial charge in [-0.3, -0.25) is 0 Å². The third-order valence-electron chi connectivity index (χ3n) is 2.71. The van der Waals surface area contributed by atoms with E-state index in [9.17, 15) is 13.2 Å². The number of hydrogen-bond donors (Lipinski definition) is 0. The van der Waals surface area contributed by atoms with Crippen LogP contribution in [0.5, 0.6) is 0 Å². The minimum atomic E-state index is -0.663. The maximum Gasteiger partial charge on any atom is 0.129 e. The lowest BCUT2D eigenvalue weighted by Gasteiger charge is -2.12. The highest BCUT2D eigenvalue weighted by Crippen LogP contribution is 2.31. The van der Waals surface area contributed by atoms with Crippen LogP contribution < -0.4 is 0 Å². The van der Waals surface area contributed by atoms with Crippen LogP contribution in [0.25, 0.3) is 0 Å². The average molecular weight is 305 g/mol. The van der Waals surface area contributed by atoms with E-state index in [2.05, 4.69) is 0 Å². The molecule has 0 bridgehead atoms. The predicted octanol–water partition coefficient (Wildman–Crippen LogP) is 5.28. The van der Waals surface area contributed by atoms with Crippen molar-refractivity contribution >= 4 is 23.2 Å². The van der Waals surface area contributed by atoms with Gasteiger partial charge >= 0.3 is 0 Å². The van der Waals surface area contributed by atoms with E-state index < -0.39 is 22.8 Å². The van der Waals surface area contributed by atoms with E-state index in [1.807, 2.05) is 0 Å². The highest BCUT2D eigenvalue weighted by molar-refractivity contribution is 6.32. The summed E-state index contributed by atoms with van der Waals surface area (Å²) in [5.41, 5.74) is 0.787. The fourth-order valence-electron chi connectivity index (χ4n) is 1.75. The van der Waals surface area contributed by atoms with Gasteiger partial charge in [0.2, 0.25) is 0 Å². The van der Waals surface area contributed by atoms with Gasteiger partial charge in [0.15, 0.2) is 0 Å². The van der Waals surface area contributed by atoms with E-state index in [0.29, 0.717) is 5.56 Å². The van der Waals surface area contributed by atoms with Gasteiger partial charge in [-0.05, 0) is 35.7 Å². The maximum atomic E-state index is 13.5. The van der Waals surface area contributed by atoms with Gasteiger partial charge in [-0.2, -0.15) is 0 Å². The normalized spacial score (nSPS) is 12.5. The van der Waals surface area contributed by atoms with Crippen LogP contribution in [0.4, 0.5) is 13.2 Å². The predicted molar refractivity (Wildman–Crippen MR) is 70.1 cm³/mol. The summed E-state index contributed by atoms with van der Waals surface area (Å²) in [6.45, 7) is 0. The van der Waals surface area contributed by atoms with Crippen molar-refractivity contribution in [1.82, 2.24) is 0 Å². The Balaban J connectivity index is 2.23. The fraction of sp³-hybridized carbons (Fsp3) is 0.143. The Bertz CT molecular complexity index is 599. The van der Waals surface area contributed by atoms with Crippen molar-refractivity contribution in [3.63, 3.8) is 0 Å². The molecule has 0 saturated carbocycles. The van der Waals surface area contributed by atoms with Crippen molar-refractivity contribution in [1.29, 1.82) is 0 Å². The molecular formula is C14H9Cl2F3. The molecule has 0 aliphatic heterocycles. The molecule has 19 heavy (non-hydrogen) atoms. The molecule has 0 nitrogen and oxygen atoms in total. The molecule has 2 aromatic carbocycles. The van der Waals surface area contributed by atoms with Crippen LogP contribution in [-0.2, 0) is 6.42 Å². The molecule has 0 radical (unpaired) electrons. The first-order chi connectivity index (χ1) is 8.97. The largest absolute Gasteiger partial charge is 0.207 e. The molecule has 5 heteroatoms. The summed E-state index contributed by atoms with van der Waals surface area (Å²) in [6, 6.07) is 7.12. The SMILES string of the molecule is Fc1ccc(CC(Cl)c2ccc(F)cc2Cl)c(F)c1. The summed E-state index contributed by atoms with van der Waals surface area (Å²) < 4.78 is 39.2. The van der Waals surface area contributed by atoms with Crippen molar-refractivity contribution in [2.75, 3.05) is 0 Å². The molecule has 0 N–H and O–H groups in total.